The third kappa shape index (κ3) is 4.57. The summed E-state index contributed by atoms with van der Waals surface area (Å²) in [6, 6.07) is 14.0. The van der Waals surface area contributed by atoms with E-state index in [-0.39, 0.29) is 11.7 Å². The predicted octanol–water partition coefficient (Wildman–Crippen LogP) is 3.00. The van der Waals surface area contributed by atoms with Gasteiger partial charge in [0.25, 0.3) is 5.91 Å². The number of nitrogens with zero attached hydrogens (tertiary/aromatic N) is 2. The Hall–Kier alpha value is -2.82. The van der Waals surface area contributed by atoms with E-state index in [1.165, 1.54) is 17.8 Å². The van der Waals surface area contributed by atoms with E-state index in [0.29, 0.717) is 5.56 Å². The van der Waals surface area contributed by atoms with E-state index < -0.39 is 0 Å². The molecule has 2 rings (SSSR count). The zero-order valence-corrected chi connectivity index (χ0v) is 13.4. The molecule has 5 heteroatoms. The minimum absolute atomic E-state index is 0.123. The molecule has 1 amide bonds. The molecular weight excluding hydrogens is 290 g/mol. The van der Waals surface area contributed by atoms with Gasteiger partial charge >= 0.3 is 0 Å². The molecule has 0 spiro atoms. The van der Waals surface area contributed by atoms with Crippen LogP contribution in [0.2, 0.25) is 0 Å². The summed E-state index contributed by atoms with van der Waals surface area (Å²) in [4.78, 5) is 14.1. The molecule has 0 saturated heterocycles. The Balaban J connectivity index is 1.95. The Morgan fingerprint density at radius 1 is 1.09 bits per heavy atom. The number of hydrazone groups is 1. The Labute approximate surface area is 136 Å². The summed E-state index contributed by atoms with van der Waals surface area (Å²) in [6.07, 6.45) is 1.60. The quantitative estimate of drug-likeness (QED) is 0.636. The number of carbonyl (C=O) groups is 1. The second-order valence-electron chi connectivity index (χ2n) is 5.01. The van der Waals surface area contributed by atoms with E-state index in [4.69, 9.17) is 0 Å². The molecule has 0 heterocycles. The third-order valence-corrected chi connectivity index (χ3v) is 3.53. The monoisotopic (exact) mass is 311 g/mol. The number of phenolic OH excluding ortho intramolecular Hbond substituents is 1. The lowest BCUT2D eigenvalue weighted by Gasteiger charge is -2.20. The van der Waals surface area contributed by atoms with Gasteiger partial charge in [0.05, 0.1) is 6.21 Å². The molecule has 0 radical (unpaired) electrons. The maximum atomic E-state index is 11.9. The number of nitrogens with one attached hydrogen (secondary N) is 1. The van der Waals surface area contributed by atoms with Crippen molar-refractivity contribution in [3.05, 3.63) is 59.7 Å². The Kier molecular flexibility index (Phi) is 5.74. The van der Waals surface area contributed by atoms with Gasteiger partial charge in [-0.3, -0.25) is 4.79 Å². The number of carbonyl (C=O) groups excluding carboxylic acids is 1. The van der Waals surface area contributed by atoms with Crippen LogP contribution in [-0.4, -0.2) is 30.3 Å². The molecule has 0 aliphatic carbocycles. The molecule has 5 nitrogen and oxygen atoms in total. The molecule has 0 unspecified atom stereocenters. The van der Waals surface area contributed by atoms with Gasteiger partial charge in [-0.2, -0.15) is 5.10 Å². The van der Waals surface area contributed by atoms with Crippen molar-refractivity contribution >= 4 is 17.8 Å². The van der Waals surface area contributed by atoms with Crippen molar-refractivity contribution in [2.75, 3.05) is 18.0 Å². The maximum absolute atomic E-state index is 11.9. The van der Waals surface area contributed by atoms with E-state index >= 15 is 0 Å². The van der Waals surface area contributed by atoms with E-state index in [9.17, 15) is 9.90 Å². The van der Waals surface area contributed by atoms with Crippen molar-refractivity contribution in [2.24, 2.45) is 5.10 Å². The first-order valence-electron chi connectivity index (χ1n) is 7.61. The van der Waals surface area contributed by atoms with Crippen LogP contribution in [0.3, 0.4) is 0 Å². The first-order valence-corrected chi connectivity index (χ1v) is 7.61. The highest BCUT2D eigenvalue weighted by atomic mass is 16.3. The lowest BCUT2D eigenvalue weighted by molar-refractivity contribution is 0.0955. The molecule has 0 aromatic heterocycles. The minimum atomic E-state index is -0.319. The first-order chi connectivity index (χ1) is 11.1. The van der Waals surface area contributed by atoms with Crippen LogP contribution < -0.4 is 10.3 Å². The zero-order chi connectivity index (χ0) is 16.7. The number of aromatic hydroxyl groups is 1. The Morgan fingerprint density at radius 2 is 1.70 bits per heavy atom. The molecule has 2 N–H and O–H groups in total. The number of phenols is 1. The number of hydrogen-bond donors (Lipinski definition) is 2. The molecule has 23 heavy (non-hydrogen) atoms. The number of amides is 1. The summed E-state index contributed by atoms with van der Waals surface area (Å²) in [7, 11) is 0. The van der Waals surface area contributed by atoms with E-state index in [1.54, 1.807) is 18.3 Å². The molecule has 120 valence electrons. The van der Waals surface area contributed by atoms with Crippen LogP contribution >= 0.6 is 0 Å². The van der Waals surface area contributed by atoms with Crippen molar-refractivity contribution < 1.29 is 9.90 Å². The molecule has 0 aliphatic rings. The van der Waals surface area contributed by atoms with E-state index in [2.05, 4.69) is 29.3 Å². The third-order valence-electron chi connectivity index (χ3n) is 3.53. The highest BCUT2D eigenvalue weighted by Crippen LogP contribution is 2.14. The fraction of sp³-hybridized carbons (Fsp3) is 0.222. The second kappa shape index (κ2) is 7.98. The summed E-state index contributed by atoms with van der Waals surface area (Å²) in [6.45, 7) is 6.18. The fourth-order valence-electron chi connectivity index (χ4n) is 2.20. The fourth-order valence-corrected chi connectivity index (χ4v) is 2.20. The molecule has 2 aromatic carbocycles. The summed E-state index contributed by atoms with van der Waals surface area (Å²) in [5.74, 6) is -0.195. The second-order valence-corrected chi connectivity index (χ2v) is 5.01. The van der Waals surface area contributed by atoms with Crippen LogP contribution in [0.15, 0.2) is 53.6 Å². The average Bonchev–Trinajstić information content (AvgIpc) is 2.58. The zero-order valence-electron chi connectivity index (χ0n) is 13.4. The van der Waals surface area contributed by atoms with Crippen LogP contribution in [0.4, 0.5) is 5.69 Å². The van der Waals surface area contributed by atoms with Gasteiger partial charge in [-0.25, -0.2) is 5.43 Å². The van der Waals surface area contributed by atoms with Crippen LogP contribution in [0.25, 0.3) is 0 Å². The minimum Gasteiger partial charge on any atom is -0.508 e. The van der Waals surface area contributed by atoms with Crippen molar-refractivity contribution in [1.82, 2.24) is 5.43 Å². The lowest BCUT2D eigenvalue weighted by atomic mass is 10.2. The van der Waals surface area contributed by atoms with Crippen molar-refractivity contribution in [3.8, 4) is 5.75 Å². The van der Waals surface area contributed by atoms with Crippen LogP contribution in [-0.2, 0) is 0 Å². The number of hydrogen-bond acceptors (Lipinski definition) is 4. The van der Waals surface area contributed by atoms with Gasteiger partial charge in [0.15, 0.2) is 0 Å². The van der Waals surface area contributed by atoms with E-state index in [0.717, 1.165) is 18.7 Å². The van der Waals surface area contributed by atoms with Gasteiger partial charge in [0.2, 0.25) is 0 Å². The summed E-state index contributed by atoms with van der Waals surface area (Å²) < 4.78 is 0. The largest absolute Gasteiger partial charge is 0.508 e. The smallest absolute Gasteiger partial charge is 0.271 e. The number of anilines is 1. The van der Waals surface area contributed by atoms with Gasteiger partial charge in [-0.1, -0.05) is 12.1 Å². The molecule has 0 aliphatic heterocycles. The molecule has 0 bridgehead atoms. The van der Waals surface area contributed by atoms with Gasteiger partial charge in [0, 0.05) is 24.3 Å². The highest BCUT2D eigenvalue weighted by Gasteiger charge is 2.03. The molecule has 0 fully saturated rings. The van der Waals surface area contributed by atoms with Crippen molar-refractivity contribution in [1.29, 1.82) is 0 Å². The Morgan fingerprint density at radius 3 is 2.26 bits per heavy atom. The van der Waals surface area contributed by atoms with Crippen LogP contribution in [0.1, 0.15) is 29.8 Å². The summed E-state index contributed by atoms with van der Waals surface area (Å²) in [5.41, 5.74) is 4.98. The lowest BCUT2D eigenvalue weighted by Crippen LogP contribution is -2.21. The van der Waals surface area contributed by atoms with Crippen LogP contribution in [0, 0.1) is 0 Å². The summed E-state index contributed by atoms with van der Waals surface area (Å²) >= 11 is 0. The highest BCUT2D eigenvalue weighted by molar-refractivity contribution is 5.95. The normalized spacial score (nSPS) is 10.7. The average molecular weight is 311 g/mol. The summed E-state index contributed by atoms with van der Waals surface area (Å²) in [5, 5.41) is 13.2. The van der Waals surface area contributed by atoms with Gasteiger partial charge < -0.3 is 10.0 Å². The van der Waals surface area contributed by atoms with Gasteiger partial charge in [0.1, 0.15) is 5.75 Å². The predicted molar refractivity (Wildman–Crippen MR) is 93.2 cm³/mol. The van der Waals surface area contributed by atoms with Gasteiger partial charge in [-0.15, -0.1) is 0 Å². The molecule has 0 atom stereocenters. The first kappa shape index (κ1) is 16.5. The topological polar surface area (TPSA) is 64.9 Å². The Bertz CT molecular complexity index is 660. The molecule has 2 aromatic rings. The van der Waals surface area contributed by atoms with E-state index in [1.807, 2.05) is 24.3 Å². The standard InChI is InChI=1S/C18H21N3O2/c1-3-21(4-2)16-9-5-14(6-10-16)13-19-20-18(23)15-7-11-17(22)12-8-15/h5-13,22H,3-4H2,1-2H3,(H,20,23). The van der Waals surface area contributed by atoms with Crippen LogP contribution in [0.5, 0.6) is 5.75 Å². The maximum Gasteiger partial charge on any atom is 0.271 e. The van der Waals surface area contributed by atoms with Crippen molar-refractivity contribution in [3.63, 3.8) is 0 Å². The number of rotatable bonds is 6. The molecule has 0 saturated carbocycles. The van der Waals surface area contributed by atoms with Gasteiger partial charge in [-0.05, 0) is 55.8 Å². The number of benzene rings is 2. The molecular formula is C18H21N3O2. The SMILES string of the molecule is CCN(CC)c1ccc(C=NNC(=O)c2ccc(O)cc2)cc1. The van der Waals surface area contributed by atoms with Crippen molar-refractivity contribution in [2.45, 2.75) is 13.8 Å².